The first-order valence-electron chi connectivity index (χ1n) is 10.9. The van der Waals surface area contributed by atoms with Gasteiger partial charge in [0, 0.05) is 43.3 Å². The third-order valence-electron chi connectivity index (χ3n) is 6.02. The third kappa shape index (κ3) is 4.63. The number of fused-ring (bicyclic) bond motifs is 2. The summed E-state index contributed by atoms with van der Waals surface area (Å²) in [5, 5.41) is 4.86. The number of benzene rings is 1. The van der Waals surface area contributed by atoms with Crippen molar-refractivity contribution in [3.05, 3.63) is 34.1 Å². The van der Waals surface area contributed by atoms with Gasteiger partial charge in [-0.1, -0.05) is 0 Å². The Morgan fingerprint density at radius 3 is 2.58 bits per heavy atom. The van der Waals surface area contributed by atoms with Gasteiger partial charge in [0.25, 0.3) is 5.56 Å². The van der Waals surface area contributed by atoms with Crippen LogP contribution in [-0.4, -0.2) is 60.3 Å². The molecule has 1 aromatic carbocycles. The summed E-state index contributed by atoms with van der Waals surface area (Å²) in [5.74, 6) is 1.34. The molecule has 5 rings (SSSR count). The Morgan fingerprint density at radius 1 is 1.10 bits per heavy atom. The minimum Gasteiger partial charge on any atom is -0.454 e. The lowest BCUT2D eigenvalue weighted by atomic mass is 10.1. The number of aromatic amines is 1. The first kappa shape index (κ1) is 20.5. The van der Waals surface area contributed by atoms with Crippen LogP contribution in [0.15, 0.2) is 23.0 Å². The molecule has 166 valence electrons. The van der Waals surface area contributed by atoms with Crippen LogP contribution in [0.5, 0.6) is 11.5 Å². The lowest BCUT2D eigenvalue weighted by molar-refractivity contribution is 0.0885. The van der Waals surface area contributed by atoms with E-state index in [4.69, 9.17) is 31.2 Å². The van der Waals surface area contributed by atoms with Crippen LogP contribution in [0, 0.1) is 0 Å². The van der Waals surface area contributed by atoms with Crippen molar-refractivity contribution in [2.45, 2.75) is 44.4 Å². The van der Waals surface area contributed by atoms with Gasteiger partial charge < -0.3 is 34.1 Å². The van der Waals surface area contributed by atoms with E-state index in [1.807, 2.05) is 17.0 Å². The molecule has 0 unspecified atom stereocenters. The van der Waals surface area contributed by atoms with Gasteiger partial charge in [-0.05, 0) is 50.0 Å². The SMILES string of the molecule is O=c1[nH]c2cc3c(cc2cc1CN(C[C@@H]1CCCO1)C(=S)NC[C@@H]1CCCO1)OCO3. The first-order chi connectivity index (χ1) is 15.2. The summed E-state index contributed by atoms with van der Waals surface area (Å²) >= 11 is 5.70. The number of thiocarbonyl (C=S) groups is 1. The number of hydrogen-bond donors (Lipinski definition) is 2. The van der Waals surface area contributed by atoms with Crippen LogP contribution < -0.4 is 20.3 Å². The normalized spacial score (nSPS) is 22.2. The number of aromatic nitrogens is 1. The highest BCUT2D eigenvalue weighted by Gasteiger charge is 2.24. The maximum Gasteiger partial charge on any atom is 0.253 e. The second kappa shape index (κ2) is 9.02. The molecule has 2 aromatic rings. The molecular weight excluding hydrogens is 418 g/mol. The minimum absolute atomic E-state index is 0.121. The number of nitrogens with zero attached hydrogens (tertiary/aromatic N) is 1. The van der Waals surface area contributed by atoms with Crippen LogP contribution in [0.25, 0.3) is 10.9 Å². The van der Waals surface area contributed by atoms with Crippen molar-refractivity contribution in [1.29, 1.82) is 0 Å². The van der Waals surface area contributed by atoms with Gasteiger partial charge in [0.2, 0.25) is 6.79 Å². The highest BCUT2D eigenvalue weighted by molar-refractivity contribution is 7.80. The number of H-pyrrole nitrogens is 1. The van der Waals surface area contributed by atoms with Crippen molar-refractivity contribution in [1.82, 2.24) is 15.2 Å². The van der Waals surface area contributed by atoms with E-state index in [-0.39, 0.29) is 24.6 Å². The summed E-state index contributed by atoms with van der Waals surface area (Å²) in [4.78, 5) is 17.8. The molecular formula is C22H27N3O5S. The van der Waals surface area contributed by atoms with Crippen molar-refractivity contribution in [3.63, 3.8) is 0 Å². The molecule has 8 nitrogen and oxygen atoms in total. The lowest BCUT2D eigenvalue weighted by Crippen LogP contribution is -2.45. The summed E-state index contributed by atoms with van der Waals surface area (Å²) in [5.41, 5.74) is 1.24. The number of rotatable bonds is 6. The quantitative estimate of drug-likeness (QED) is 0.656. The van der Waals surface area contributed by atoms with E-state index < -0.39 is 0 Å². The fourth-order valence-corrected chi connectivity index (χ4v) is 4.56. The highest BCUT2D eigenvalue weighted by Crippen LogP contribution is 2.35. The molecule has 0 aliphatic carbocycles. The molecule has 0 spiro atoms. The molecule has 0 amide bonds. The number of pyridine rings is 1. The van der Waals surface area contributed by atoms with Crippen LogP contribution in [0.2, 0.25) is 0 Å². The fraction of sp³-hybridized carbons (Fsp3) is 0.545. The van der Waals surface area contributed by atoms with Crippen LogP contribution in [0.1, 0.15) is 31.2 Å². The van der Waals surface area contributed by atoms with Crippen LogP contribution >= 0.6 is 12.2 Å². The van der Waals surface area contributed by atoms with Crippen LogP contribution in [0.3, 0.4) is 0 Å². The average molecular weight is 446 g/mol. The summed E-state index contributed by atoms with van der Waals surface area (Å²) in [6, 6.07) is 5.61. The summed E-state index contributed by atoms with van der Waals surface area (Å²) in [7, 11) is 0. The van der Waals surface area contributed by atoms with Crippen molar-refractivity contribution >= 4 is 28.2 Å². The van der Waals surface area contributed by atoms with Gasteiger partial charge in [0.15, 0.2) is 16.6 Å². The van der Waals surface area contributed by atoms with E-state index in [0.29, 0.717) is 41.8 Å². The summed E-state index contributed by atoms with van der Waals surface area (Å²) in [6.45, 7) is 3.51. The van der Waals surface area contributed by atoms with Crippen molar-refractivity contribution in [3.8, 4) is 11.5 Å². The highest BCUT2D eigenvalue weighted by atomic mass is 32.1. The summed E-state index contributed by atoms with van der Waals surface area (Å²) < 4.78 is 22.4. The molecule has 0 saturated carbocycles. The van der Waals surface area contributed by atoms with Crippen molar-refractivity contribution in [2.75, 3.05) is 33.1 Å². The van der Waals surface area contributed by atoms with E-state index in [9.17, 15) is 4.79 Å². The Hall–Kier alpha value is -2.36. The van der Waals surface area contributed by atoms with E-state index in [2.05, 4.69) is 10.3 Å². The van der Waals surface area contributed by atoms with Gasteiger partial charge in [-0.25, -0.2) is 0 Å². The molecule has 2 fully saturated rings. The predicted molar refractivity (Wildman–Crippen MR) is 120 cm³/mol. The number of ether oxygens (including phenoxy) is 4. The first-order valence-corrected chi connectivity index (χ1v) is 11.3. The minimum atomic E-state index is -0.134. The van der Waals surface area contributed by atoms with Gasteiger partial charge >= 0.3 is 0 Å². The van der Waals surface area contributed by atoms with Gasteiger partial charge in [-0.15, -0.1) is 0 Å². The molecule has 0 radical (unpaired) electrons. The molecule has 3 aliphatic rings. The second-order valence-electron chi connectivity index (χ2n) is 8.25. The van der Waals surface area contributed by atoms with Crippen LogP contribution in [-0.2, 0) is 16.0 Å². The molecule has 2 saturated heterocycles. The van der Waals surface area contributed by atoms with E-state index in [1.165, 1.54) is 0 Å². The standard InChI is InChI=1S/C22H27N3O5S/c26-21-15(7-14-8-19-20(30-13-29-19)9-18(14)24-21)11-25(12-17-4-2-6-28-17)22(31)23-10-16-3-1-5-27-16/h7-9,16-17H,1-6,10-13H2,(H,23,31)(H,24,26)/t16-,17-/m0/s1. The fourth-order valence-electron chi connectivity index (χ4n) is 4.34. The Morgan fingerprint density at radius 2 is 1.84 bits per heavy atom. The third-order valence-corrected chi connectivity index (χ3v) is 6.42. The molecule has 9 heteroatoms. The topological polar surface area (TPSA) is 85.1 Å². The zero-order valence-electron chi connectivity index (χ0n) is 17.4. The Bertz CT molecular complexity index is 1010. The molecule has 0 bridgehead atoms. The Kier molecular flexibility index (Phi) is 5.97. The lowest BCUT2D eigenvalue weighted by Gasteiger charge is -2.28. The molecule has 3 aliphatic heterocycles. The number of nitrogens with one attached hydrogen (secondary N) is 2. The predicted octanol–water partition coefficient (Wildman–Crippen LogP) is 2.29. The summed E-state index contributed by atoms with van der Waals surface area (Å²) in [6.07, 6.45) is 4.50. The van der Waals surface area contributed by atoms with Gasteiger partial charge in [-0.3, -0.25) is 4.79 Å². The van der Waals surface area contributed by atoms with E-state index >= 15 is 0 Å². The van der Waals surface area contributed by atoms with Crippen molar-refractivity contribution in [2.24, 2.45) is 0 Å². The molecule has 2 N–H and O–H groups in total. The monoisotopic (exact) mass is 445 g/mol. The molecule has 31 heavy (non-hydrogen) atoms. The van der Waals surface area contributed by atoms with Gasteiger partial charge in [-0.2, -0.15) is 0 Å². The van der Waals surface area contributed by atoms with E-state index in [0.717, 1.165) is 49.8 Å². The van der Waals surface area contributed by atoms with E-state index in [1.54, 1.807) is 6.07 Å². The second-order valence-corrected chi connectivity index (χ2v) is 8.64. The van der Waals surface area contributed by atoms with Gasteiger partial charge in [0.05, 0.1) is 24.3 Å². The molecule has 1 aromatic heterocycles. The molecule has 2 atom stereocenters. The number of hydrogen-bond acceptors (Lipinski definition) is 6. The van der Waals surface area contributed by atoms with Crippen LogP contribution in [0.4, 0.5) is 0 Å². The smallest absolute Gasteiger partial charge is 0.253 e. The zero-order valence-corrected chi connectivity index (χ0v) is 18.2. The van der Waals surface area contributed by atoms with Crippen molar-refractivity contribution < 1.29 is 18.9 Å². The Labute approximate surface area is 185 Å². The average Bonchev–Trinajstić information content (AvgIpc) is 3.53. The maximum atomic E-state index is 12.8. The maximum absolute atomic E-state index is 12.8. The molecule has 4 heterocycles. The Balaban J connectivity index is 1.36. The van der Waals surface area contributed by atoms with Gasteiger partial charge in [0.1, 0.15) is 0 Å². The largest absolute Gasteiger partial charge is 0.454 e. The zero-order chi connectivity index (χ0) is 21.2.